The zero-order valence-corrected chi connectivity index (χ0v) is 15.5. The zero-order valence-electron chi connectivity index (χ0n) is 15.5. The molecule has 0 bridgehead atoms. The van der Waals surface area contributed by atoms with Crippen molar-refractivity contribution in [1.82, 2.24) is 14.8 Å². The standard InChI is InChI=1S/C23H20N4O/c1-17(25-16-18-9-8-14-24-15-18)21-22(19-10-4-2-5-11-19)26-27(23(21)28)20-12-6-3-7-13-20/h2-15,26H,16H2,1H3. The molecule has 0 saturated carbocycles. The molecule has 4 aromatic rings. The first-order valence-corrected chi connectivity index (χ1v) is 9.10. The molecule has 0 amide bonds. The molecule has 4 rings (SSSR count). The number of benzene rings is 2. The van der Waals surface area contributed by atoms with Crippen LogP contribution in [0.3, 0.4) is 0 Å². The number of aromatic nitrogens is 3. The summed E-state index contributed by atoms with van der Waals surface area (Å²) in [6.07, 6.45) is 3.52. The summed E-state index contributed by atoms with van der Waals surface area (Å²) in [6.45, 7) is 2.35. The van der Waals surface area contributed by atoms with E-state index in [0.29, 0.717) is 17.8 Å². The van der Waals surface area contributed by atoms with Crippen molar-refractivity contribution < 1.29 is 0 Å². The van der Waals surface area contributed by atoms with Crippen molar-refractivity contribution in [3.05, 3.63) is 107 Å². The van der Waals surface area contributed by atoms with E-state index in [1.54, 1.807) is 17.1 Å². The molecule has 0 spiro atoms. The third-order valence-electron chi connectivity index (χ3n) is 4.55. The van der Waals surface area contributed by atoms with Gasteiger partial charge in [0.15, 0.2) is 0 Å². The number of pyridine rings is 1. The number of para-hydroxylation sites is 1. The number of hydrogen-bond acceptors (Lipinski definition) is 3. The van der Waals surface area contributed by atoms with Crippen LogP contribution < -0.4 is 5.56 Å². The molecule has 28 heavy (non-hydrogen) atoms. The Labute approximate surface area is 163 Å². The van der Waals surface area contributed by atoms with Crippen LogP contribution >= 0.6 is 0 Å². The molecule has 0 unspecified atom stereocenters. The molecule has 2 aromatic heterocycles. The SMILES string of the molecule is CC(=NCc1cccnc1)c1c(-c2ccccc2)[nH]n(-c2ccccc2)c1=O. The highest BCUT2D eigenvalue weighted by Crippen LogP contribution is 2.21. The number of nitrogens with one attached hydrogen (secondary N) is 1. The lowest BCUT2D eigenvalue weighted by atomic mass is 10.1. The van der Waals surface area contributed by atoms with Crippen molar-refractivity contribution in [2.75, 3.05) is 0 Å². The van der Waals surface area contributed by atoms with Gasteiger partial charge in [0.05, 0.1) is 23.5 Å². The molecule has 0 saturated heterocycles. The molecule has 1 N–H and O–H groups in total. The molecule has 0 fully saturated rings. The van der Waals surface area contributed by atoms with E-state index in [4.69, 9.17) is 0 Å². The fraction of sp³-hybridized carbons (Fsp3) is 0.0870. The van der Waals surface area contributed by atoms with Crippen LogP contribution in [0.4, 0.5) is 0 Å². The maximum atomic E-state index is 13.3. The lowest BCUT2D eigenvalue weighted by molar-refractivity contribution is 0.852. The van der Waals surface area contributed by atoms with E-state index in [1.807, 2.05) is 79.7 Å². The fourth-order valence-electron chi connectivity index (χ4n) is 3.13. The monoisotopic (exact) mass is 368 g/mol. The summed E-state index contributed by atoms with van der Waals surface area (Å²) in [5.74, 6) is 0. The summed E-state index contributed by atoms with van der Waals surface area (Å²) in [4.78, 5) is 22.0. The predicted molar refractivity (Wildman–Crippen MR) is 112 cm³/mol. The highest BCUT2D eigenvalue weighted by atomic mass is 16.1. The van der Waals surface area contributed by atoms with Crippen molar-refractivity contribution >= 4 is 5.71 Å². The van der Waals surface area contributed by atoms with E-state index in [-0.39, 0.29) is 5.56 Å². The Morgan fingerprint density at radius 2 is 1.71 bits per heavy atom. The third kappa shape index (κ3) is 3.55. The van der Waals surface area contributed by atoms with Gasteiger partial charge in [0, 0.05) is 23.7 Å². The number of aliphatic imine (C=N–C) groups is 1. The largest absolute Gasteiger partial charge is 0.290 e. The molecule has 2 aromatic carbocycles. The van der Waals surface area contributed by atoms with Crippen LogP contribution in [-0.2, 0) is 6.54 Å². The number of aromatic amines is 1. The molecule has 0 radical (unpaired) electrons. The van der Waals surface area contributed by atoms with Crippen LogP contribution in [0.25, 0.3) is 16.9 Å². The highest BCUT2D eigenvalue weighted by molar-refractivity contribution is 6.03. The molecule has 2 heterocycles. The van der Waals surface area contributed by atoms with E-state index < -0.39 is 0 Å². The average molecular weight is 368 g/mol. The van der Waals surface area contributed by atoms with Crippen LogP contribution in [0.5, 0.6) is 0 Å². The molecule has 0 atom stereocenters. The summed E-state index contributed by atoms with van der Waals surface area (Å²) in [5.41, 5.74) is 4.66. The lowest BCUT2D eigenvalue weighted by Gasteiger charge is -2.03. The molecule has 5 heteroatoms. The second kappa shape index (κ2) is 7.88. The van der Waals surface area contributed by atoms with Gasteiger partial charge >= 0.3 is 0 Å². The topological polar surface area (TPSA) is 63.0 Å². The number of H-pyrrole nitrogens is 1. The van der Waals surface area contributed by atoms with Gasteiger partial charge in [-0.05, 0) is 30.7 Å². The molecule has 138 valence electrons. The van der Waals surface area contributed by atoms with Crippen LogP contribution in [-0.4, -0.2) is 20.5 Å². The van der Waals surface area contributed by atoms with Crippen LogP contribution in [0.15, 0.2) is 95.0 Å². The van der Waals surface area contributed by atoms with E-state index in [2.05, 4.69) is 15.1 Å². The molecule has 5 nitrogen and oxygen atoms in total. The van der Waals surface area contributed by atoms with Gasteiger partial charge in [0.2, 0.25) is 0 Å². The van der Waals surface area contributed by atoms with Gasteiger partial charge in [0.1, 0.15) is 0 Å². The van der Waals surface area contributed by atoms with Gasteiger partial charge in [0.25, 0.3) is 5.56 Å². The predicted octanol–water partition coefficient (Wildman–Crippen LogP) is 4.24. The summed E-state index contributed by atoms with van der Waals surface area (Å²) in [5, 5.41) is 3.27. The minimum absolute atomic E-state index is 0.113. The smallest absolute Gasteiger partial charge is 0.280 e. The van der Waals surface area contributed by atoms with Gasteiger partial charge in [-0.1, -0.05) is 54.6 Å². The first-order chi connectivity index (χ1) is 13.7. The van der Waals surface area contributed by atoms with Crippen LogP contribution in [0, 0.1) is 0 Å². The number of rotatable bonds is 5. The number of nitrogens with zero attached hydrogens (tertiary/aromatic N) is 3. The Balaban J connectivity index is 1.83. The zero-order chi connectivity index (χ0) is 19.3. The van der Waals surface area contributed by atoms with Crippen molar-refractivity contribution in [1.29, 1.82) is 0 Å². The maximum Gasteiger partial charge on any atom is 0.280 e. The molecule has 0 aliphatic carbocycles. The van der Waals surface area contributed by atoms with Crippen molar-refractivity contribution in [2.24, 2.45) is 4.99 Å². The normalized spacial score (nSPS) is 11.5. The minimum atomic E-state index is -0.113. The van der Waals surface area contributed by atoms with Gasteiger partial charge in [-0.15, -0.1) is 0 Å². The summed E-state index contributed by atoms with van der Waals surface area (Å²) >= 11 is 0. The first-order valence-electron chi connectivity index (χ1n) is 9.10. The average Bonchev–Trinajstić information content (AvgIpc) is 3.11. The Kier molecular flexibility index (Phi) is 4.97. The highest BCUT2D eigenvalue weighted by Gasteiger charge is 2.18. The van der Waals surface area contributed by atoms with Crippen molar-refractivity contribution in [3.63, 3.8) is 0 Å². The van der Waals surface area contributed by atoms with E-state index in [9.17, 15) is 4.79 Å². The molecular formula is C23H20N4O. The fourth-order valence-corrected chi connectivity index (χ4v) is 3.13. The van der Waals surface area contributed by atoms with E-state index in [1.165, 1.54) is 0 Å². The van der Waals surface area contributed by atoms with Gasteiger partial charge in [-0.25, -0.2) is 4.68 Å². The lowest BCUT2D eigenvalue weighted by Crippen LogP contribution is -2.19. The number of hydrogen-bond donors (Lipinski definition) is 1. The van der Waals surface area contributed by atoms with E-state index >= 15 is 0 Å². The van der Waals surface area contributed by atoms with Gasteiger partial charge < -0.3 is 0 Å². The summed E-state index contributed by atoms with van der Waals surface area (Å²) in [6, 6.07) is 23.3. The maximum absolute atomic E-state index is 13.3. The molecular weight excluding hydrogens is 348 g/mol. The van der Waals surface area contributed by atoms with Crippen LogP contribution in [0.2, 0.25) is 0 Å². The second-order valence-corrected chi connectivity index (χ2v) is 6.47. The third-order valence-corrected chi connectivity index (χ3v) is 4.55. The summed E-state index contributed by atoms with van der Waals surface area (Å²) in [7, 11) is 0. The van der Waals surface area contributed by atoms with Crippen molar-refractivity contribution in [3.8, 4) is 16.9 Å². The van der Waals surface area contributed by atoms with E-state index in [0.717, 1.165) is 22.5 Å². The Bertz CT molecular complexity index is 1140. The Morgan fingerprint density at radius 3 is 2.39 bits per heavy atom. The first kappa shape index (κ1) is 17.7. The summed E-state index contributed by atoms with van der Waals surface area (Å²) < 4.78 is 1.57. The second-order valence-electron chi connectivity index (χ2n) is 6.47. The van der Waals surface area contributed by atoms with Crippen LogP contribution in [0.1, 0.15) is 18.1 Å². The molecule has 0 aliphatic heterocycles. The minimum Gasteiger partial charge on any atom is -0.290 e. The van der Waals surface area contributed by atoms with Crippen molar-refractivity contribution in [2.45, 2.75) is 13.5 Å². The molecule has 0 aliphatic rings. The quantitative estimate of drug-likeness (QED) is 0.536. The van der Waals surface area contributed by atoms with Gasteiger partial charge in [-0.3, -0.25) is 19.9 Å². The Morgan fingerprint density at radius 1 is 1.00 bits per heavy atom. The Hall–Kier alpha value is -3.73. The van der Waals surface area contributed by atoms with Gasteiger partial charge in [-0.2, -0.15) is 0 Å².